The first-order chi connectivity index (χ1) is 8.08. The van der Waals surface area contributed by atoms with Crippen LogP contribution in [0.1, 0.15) is 16.7 Å². The standard InChI is InChI=1S/C15H18N2/c1-11-5-7-14(13(3)9-11)17(4)15-8-6-12(2)10-16-15/h5-10H,1-4H3. The van der Waals surface area contributed by atoms with E-state index in [1.54, 1.807) is 0 Å². The Balaban J connectivity index is 2.36. The van der Waals surface area contributed by atoms with Gasteiger partial charge in [-0.1, -0.05) is 23.8 Å². The molecule has 0 saturated carbocycles. The van der Waals surface area contributed by atoms with Crippen LogP contribution in [0.5, 0.6) is 0 Å². The Labute approximate surface area is 103 Å². The van der Waals surface area contributed by atoms with Crippen LogP contribution >= 0.6 is 0 Å². The lowest BCUT2D eigenvalue weighted by atomic mass is 10.1. The third-order valence-electron chi connectivity index (χ3n) is 2.95. The van der Waals surface area contributed by atoms with Gasteiger partial charge in [0, 0.05) is 18.9 Å². The molecule has 0 amide bonds. The summed E-state index contributed by atoms with van der Waals surface area (Å²) in [6.45, 7) is 6.29. The molecule has 0 atom stereocenters. The van der Waals surface area contributed by atoms with Gasteiger partial charge in [-0.3, -0.25) is 0 Å². The van der Waals surface area contributed by atoms with Gasteiger partial charge < -0.3 is 4.90 Å². The van der Waals surface area contributed by atoms with E-state index in [-0.39, 0.29) is 0 Å². The Hall–Kier alpha value is -1.83. The van der Waals surface area contributed by atoms with Crippen LogP contribution in [0.3, 0.4) is 0 Å². The van der Waals surface area contributed by atoms with Gasteiger partial charge in [0.05, 0.1) is 0 Å². The molecule has 1 aromatic carbocycles. The number of nitrogens with zero attached hydrogens (tertiary/aromatic N) is 2. The average Bonchev–Trinajstić information content (AvgIpc) is 2.29. The third kappa shape index (κ3) is 2.47. The number of hydrogen-bond donors (Lipinski definition) is 0. The lowest BCUT2D eigenvalue weighted by Gasteiger charge is -2.20. The second-order valence-corrected chi connectivity index (χ2v) is 4.54. The van der Waals surface area contributed by atoms with E-state index in [2.05, 4.69) is 61.1 Å². The molecule has 0 N–H and O–H groups in total. The minimum Gasteiger partial charge on any atom is -0.329 e. The van der Waals surface area contributed by atoms with Crippen molar-refractivity contribution in [1.29, 1.82) is 0 Å². The number of benzene rings is 1. The molecule has 0 bridgehead atoms. The quantitative estimate of drug-likeness (QED) is 0.774. The maximum atomic E-state index is 4.44. The van der Waals surface area contributed by atoms with Crippen molar-refractivity contribution < 1.29 is 0 Å². The molecule has 17 heavy (non-hydrogen) atoms. The Bertz CT molecular complexity index is 515. The summed E-state index contributed by atoms with van der Waals surface area (Å²) in [5.74, 6) is 0.975. The lowest BCUT2D eigenvalue weighted by Crippen LogP contribution is -2.12. The van der Waals surface area contributed by atoms with Gasteiger partial charge in [0.15, 0.2) is 0 Å². The van der Waals surface area contributed by atoms with Gasteiger partial charge in [-0.05, 0) is 44.0 Å². The molecule has 2 aromatic rings. The number of hydrogen-bond acceptors (Lipinski definition) is 2. The van der Waals surface area contributed by atoms with Gasteiger partial charge in [0.1, 0.15) is 5.82 Å². The summed E-state index contributed by atoms with van der Waals surface area (Å²) in [4.78, 5) is 6.56. The van der Waals surface area contributed by atoms with Crippen molar-refractivity contribution >= 4 is 11.5 Å². The number of aromatic nitrogens is 1. The number of pyridine rings is 1. The monoisotopic (exact) mass is 226 g/mol. The molecular formula is C15H18N2. The van der Waals surface area contributed by atoms with Gasteiger partial charge in [0.2, 0.25) is 0 Å². The summed E-state index contributed by atoms with van der Waals surface area (Å²) < 4.78 is 0. The first kappa shape index (κ1) is 11.6. The molecule has 0 spiro atoms. The summed E-state index contributed by atoms with van der Waals surface area (Å²) in [7, 11) is 2.05. The number of rotatable bonds is 2. The first-order valence-electron chi connectivity index (χ1n) is 5.81. The fourth-order valence-electron chi connectivity index (χ4n) is 1.96. The molecule has 0 fully saturated rings. The molecule has 0 radical (unpaired) electrons. The fraction of sp³-hybridized carbons (Fsp3) is 0.267. The van der Waals surface area contributed by atoms with Gasteiger partial charge in [0.25, 0.3) is 0 Å². The molecule has 88 valence electrons. The third-order valence-corrected chi connectivity index (χ3v) is 2.95. The highest BCUT2D eigenvalue weighted by Crippen LogP contribution is 2.25. The van der Waals surface area contributed by atoms with Crippen LogP contribution in [0.2, 0.25) is 0 Å². The molecule has 2 nitrogen and oxygen atoms in total. The van der Waals surface area contributed by atoms with Gasteiger partial charge in [-0.15, -0.1) is 0 Å². The van der Waals surface area contributed by atoms with E-state index in [1.165, 1.54) is 22.4 Å². The molecule has 1 aromatic heterocycles. The average molecular weight is 226 g/mol. The summed E-state index contributed by atoms with van der Waals surface area (Å²) in [6.07, 6.45) is 1.90. The molecule has 0 aliphatic carbocycles. The molecule has 2 rings (SSSR count). The summed E-state index contributed by atoms with van der Waals surface area (Å²) in [5, 5.41) is 0. The number of anilines is 2. The van der Waals surface area contributed by atoms with E-state index in [0.29, 0.717) is 0 Å². The van der Waals surface area contributed by atoms with E-state index in [9.17, 15) is 0 Å². The molecule has 2 heteroatoms. The highest BCUT2D eigenvalue weighted by Gasteiger charge is 2.07. The fourth-order valence-corrected chi connectivity index (χ4v) is 1.96. The maximum absolute atomic E-state index is 4.44. The van der Waals surface area contributed by atoms with Crippen LogP contribution in [-0.4, -0.2) is 12.0 Å². The van der Waals surface area contributed by atoms with Gasteiger partial charge in [-0.2, -0.15) is 0 Å². The zero-order valence-corrected chi connectivity index (χ0v) is 10.9. The lowest BCUT2D eigenvalue weighted by molar-refractivity contribution is 1.10. The Kier molecular flexibility index (Phi) is 3.14. The predicted octanol–water partition coefficient (Wildman–Crippen LogP) is 3.77. The molecule has 0 saturated heterocycles. The van der Waals surface area contributed by atoms with E-state index in [1.807, 2.05) is 13.1 Å². The molecule has 0 unspecified atom stereocenters. The highest BCUT2D eigenvalue weighted by atomic mass is 15.2. The minimum absolute atomic E-state index is 0.975. The molecule has 1 heterocycles. The largest absolute Gasteiger partial charge is 0.329 e. The van der Waals surface area contributed by atoms with Crippen molar-refractivity contribution in [2.45, 2.75) is 20.8 Å². The summed E-state index contributed by atoms with van der Waals surface area (Å²) in [5.41, 5.74) is 4.95. The topological polar surface area (TPSA) is 16.1 Å². The zero-order valence-electron chi connectivity index (χ0n) is 10.9. The zero-order chi connectivity index (χ0) is 12.4. The van der Waals surface area contributed by atoms with Crippen molar-refractivity contribution in [1.82, 2.24) is 4.98 Å². The smallest absolute Gasteiger partial charge is 0.132 e. The van der Waals surface area contributed by atoms with Crippen molar-refractivity contribution in [2.75, 3.05) is 11.9 Å². The van der Waals surface area contributed by atoms with Crippen LogP contribution in [0.15, 0.2) is 36.5 Å². The van der Waals surface area contributed by atoms with Crippen molar-refractivity contribution in [3.05, 3.63) is 53.2 Å². The summed E-state index contributed by atoms with van der Waals surface area (Å²) in [6, 6.07) is 10.6. The van der Waals surface area contributed by atoms with Crippen molar-refractivity contribution in [2.24, 2.45) is 0 Å². The van der Waals surface area contributed by atoms with E-state index >= 15 is 0 Å². The Morgan fingerprint density at radius 1 is 0.941 bits per heavy atom. The SMILES string of the molecule is Cc1ccc(N(C)c2ccc(C)cc2C)nc1. The second kappa shape index (κ2) is 4.58. The summed E-state index contributed by atoms with van der Waals surface area (Å²) >= 11 is 0. The normalized spacial score (nSPS) is 10.4. The van der Waals surface area contributed by atoms with Gasteiger partial charge >= 0.3 is 0 Å². The van der Waals surface area contributed by atoms with Crippen LogP contribution in [0, 0.1) is 20.8 Å². The van der Waals surface area contributed by atoms with Crippen LogP contribution in [0.25, 0.3) is 0 Å². The van der Waals surface area contributed by atoms with Crippen molar-refractivity contribution in [3.8, 4) is 0 Å². The van der Waals surface area contributed by atoms with E-state index < -0.39 is 0 Å². The minimum atomic E-state index is 0.975. The maximum Gasteiger partial charge on any atom is 0.132 e. The molecule has 0 aliphatic rings. The van der Waals surface area contributed by atoms with Crippen LogP contribution in [-0.2, 0) is 0 Å². The van der Waals surface area contributed by atoms with Crippen LogP contribution < -0.4 is 4.90 Å². The molecule has 0 aliphatic heterocycles. The van der Waals surface area contributed by atoms with Gasteiger partial charge in [-0.25, -0.2) is 4.98 Å². The Morgan fingerprint density at radius 3 is 2.24 bits per heavy atom. The number of aryl methyl sites for hydroxylation is 3. The van der Waals surface area contributed by atoms with E-state index in [0.717, 1.165) is 5.82 Å². The predicted molar refractivity (Wildman–Crippen MR) is 73.0 cm³/mol. The highest BCUT2D eigenvalue weighted by molar-refractivity contribution is 5.63. The molecular weight excluding hydrogens is 208 g/mol. The Morgan fingerprint density at radius 2 is 1.65 bits per heavy atom. The van der Waals surface area contributed by atoms with Crippen molar-refractivity contribution in [3.63, 3.8) is 0 Å². The van der Waals surface area contributed by atoms with E-state index in [4.69, 9.17) is 0 Å². The second-order valence-electron chi connectivity index (χ2n) is 4.54. The van der Waals surface area contributed by atoms with Crippen LogP contribution in [0.4, 0.5) is 11.5 Å². The first-order valence-corrected chi connectivity index (χ1v) is 5.81.